The van der Waals surface area contributed by atoms with Gasteiger partial charge in [0, 0.05) is 36.3 Å². The summed E-state index contributed by atoms with van der Waals surface area (Å²) in [6, 6.07) is 9.56. The Morgan fingerprint density at radius 3 is 2.43 bits per heavy atom. The largest absolute Gasteiger partial charge is 0.353 e. The second kappa shape index (κ2) is 11.3. The number of nitrogens with one attached hydrogen (secondary N) is 3. The van der Waals surface area contributed by atoms with Gasteiger partial charge in [0.15, 0.2) is 5.82 Å². The van der Waals surface area contributed by atoms with E-state index in [1.165, 1.54) is 6.07 Å². The van der Waals surface area contributed by atoms with E-state index in [1.54, 1.807) is 24.3 Å². The van der Waals surface area contributed by atoms with Crippen molar-refractivity contribution in [1.29, 1.82) is 0 Å². The smallest absolute Gasteiger partial charge is 0.328 e. The number of carbonyl (C=O) groups excluding carboxylic acids is 2. The van der Waals surface area contributed by atoms with Crippen LogP contribution in [0.25, 0.3) is 11.3 Å². The van der Waals surface area contributed by atoms with E-state index in [-0.39, 0.29) is 24.2 Å². The summed E-state index contributed by atoms with van der Waals surface area (Å²) in [5.41, 5.74) is 1.59. The first kappa shape index (κ1) is 26.0. The monoisotopic (exact) mass is 509 g/mol. The van der Waals surface area contributed by atoms with Crippen LogP contribution in [0, 0.1) is 11.6 Å². The highest BCUT2D eigenvalue weighted by Gasteiger charge is 2.34. The number of anilines is 3. The van der Waals surface area contributed by atoms with Gasteiger partial charge in [-0.05, 0) is 44.8 Å². The Labute approximate surface area is 213 Å². The average Bonchev–Trinajstić information content (AvgIpc) is 2.87. The number of halogens is 2. The van der Waals surface area contributed by atoms with E-state index < -0.39 is 23.4 Å². The normalized spacial score (nSPS) is 12.8. The number of benzene rings is 2. The summed E-state index contributed by atoms with van der Waals surface area (Å²) in [7, 11) is 3.85. The lowest BCUT2D eigenvalue weighted by molar-refractivity contribution is 0.0953. The van der Waals surface area contributed by atoms with Crippen molar-refractivity contribution in [3.8, 4) is 11.3 Å². The molecule has 0 bridgehead atoms. The number of aromatic nitrogens is 2. The molecule has 0 radical (unpaired) electrons. The molecule has 1 aliphatic heterocycles. The molecule has 0 saturated carbocycles. The first-order valence-corrected chi connectivity index (χ1v) is 12.0. The molecule has 2 heterocycles. The van der Waals surface area contributed by atoms with Gasteiger partial charge in [0.1, 0.15) is 17.3 Å². The van der Waals surface area contributed by atoms with Gasteiger partial charge in [-0.1, -0.05) is 25.1 Å². The first-order chi connectivity index (χ1) is 17.8. The number of fused-ring (bicyclic) bond motifs is 1. The fourth-order valence-corrected chi connectivity index (χ4v) is 3.90. The number of amides is 3. The van der Waals surface area contributed by atoms with Crippen molar-refractivity contribution in [1.82, 2.24) is 25.5 Å². The highest BCUT2D eigenvalue weighted by molar-refractivity contribution is 6.02. The lowest BCUT2D eigenvalue weighted by Gasteiger charge is -2.30. The molecule has 0 aliphatic carbocycles. The van der Waals surface area contributed by atoms with Crippen LogP contribution >= 0.6 is 0 Å². The molecule has 3 N–H and O–H groups in total. The highest BCUT2D eigenvalue weighted by atomic mass is 19.1. The fraction of sp³-hybridized carbons (Fsp3) is 0.308. The van der Waals surface area contributed by atoms with Gasteiger partial charge in [-0.2, -0.15) is 4.98 Å². The summed E-state index contributed by atoms with van der Waals surface area (Å²) in [5, 5.41) is 8.63. The maximum absolute atomic E-state index is 14.8. The molecule has 4 rings (SSSR count). The third kappa shape index (κ3) is 5.67. The van der Waals surface area contributed by atoms with Gasteiger partial charge < -0.3 is 20.9 Å². The number of rotatable bonds is 9. The standard InChI is InChI=1S/C26H29F2N7O2/c1-4-12-29-24(36)17-10-8-16(9-11-17)21-18-15-31-26(37)35(22-19(27)6-5-7-20(22)28)23(18)33-25(32-21)30-13-14-34(2)3/h5-11H,4,12-15H2,1-3H3,(H,29,36)(H,31,37)(H,30,32,33). The quantitative estimate of drug-likeness (QED) is 0.405. The second-order valence-corrected chi connectivity index (χ2v) is 8.83. The summed E-state index contributed by atoms with van der Waals surface area (Å²) < 4.78 is 29.5. The number of likely N-dealkylation sites (N-methyl/N-ethyl adjacent to an activating group) is 1. The molecule has 9 nitrogen and oxygen atoms in total. The van der Waals surface area contributed by atoms with Crippen molar-refractivity contribution in [3.05, 3.63) is 65.2 Å². The Morgan fingerprint density at radius 2 is 1.78 bits per heavy atom. The van der Waals surface area contributed by atoms with E-state index in [1.807, 2.05) is 25.9 Å². The van der Waals surface area contributed by atoms with E-state index in [0.717, 1.165) is 23.5 Å². The van der Waals surface area contributed by atoms with E-state index in [2.05, 4.69) is 25.9 Å². The molecule has 1 aromatic heterocycles. The first-order valence-electron chi connectivity index (χ1n) is 12.0. The van der Waals surface area contributed by atoms with Gasteiger partial charge in [-0.3, -0.25) is 4.79 Å². The van der Waals surface area contributed by atoms with Gasteiger partial charge >= 0.3 is 6.03 Å². The minimum Gasteiger partial charge on any atom is -0.353 e. The molecular weight excluding hydrogens is 480 g/mol. The van der Waals surface area contributed by atoms with Crippen molar-refractivity contribution >= 4 is 29.4 Å². The maximum atomic E-state index is 14.8. The maximum Gasteiger partial charge on any atom is 0.328 e. The number of hydrogen-bond acceptors (Lipinski definition) is 6. The van der Waals surface area contributed by atoms with E-state index in [4.69, 9.17) is 0 Å². The van der Waals surface area contributed by atoms with Crippen LogP contribution in [0.5, 0.6) is 0 Å². The summed E-state index contributed by atoms with van der Waals surface area (Å²) in [6.07, 6.45) is 0.825. The summed E-state index contributed by atoms with van der Waals surface area (Å²) in [6.45, 7) is 3.80. The minimum absolute atomic E-state index is 0.0623. The summed E-state index contributed by atoms with van der Waals surface area (Å²) >= 11 is 0. The molecule has 0 spiro atoms. The molecule has 1 aliphatic rings. The lowest BCUT2D eigenvalue weighted by Crippen LogP contribution is -2.43. The van der Waals surface area contributed by atoms with E-state index in [0.29, 0.717) is 42.0 Å². The fourth-order valence-electron chi connectivity index (χ4n) is 3.90. The Hall–Kier alpha value is -4.12. The minimum atomic E-state index is -0.896. The average molecular weight is 510 g/mol. The molecule has 0 saturated heterocycles. The number of hydrogen-bond donors (Lipinski definition) is 3. The van der Waals surface area contributed by atoms with Crippen LogP contribution in [-0.4, -0.2) is 60.5 Å². The predicted octanol–water partition coefficient (Wildman–Crippen LogP) is 3.90. The number of carbonyl (C=O) groups is 2. The van der Waals surface area contributed by atoms with Crippen LogP contribution in [0.4, 0.5) is 31.0 Å². The number of urea groups is 1. The highest BCUT2D eigenvalue weighted by Crippen LogP contribution is 2.38. The molecule has 0 unspecified atom stereocenters. The summed E-state index contributed by atoms with van der Waals surface area (Å²) in [5.74, 6) is -1.69. The summed E-state index contributed by atoms with van der Waals surface area (Å²) in [4.78, 5) is 37.3. The van der Waals surface area contributed by atoms with Crippen LogP contribution in [0.3, 0.4) is 0 Å². The molecule has 194 valence electrons. The van der Waals surface area contributed by atoms with Crippen molar-refractivity contribution in [3.63, 3.8) is 0 Å². The Kier molecular flexibility index (Phi) is 7.92. The molecular formula is C26H29F2N7O2. The second-order valence-electron chi connectivity index (χ2n) is 8.83. The van der Waals surface area contributed by atoms with Crippen LogP contribution in [0.15, 0.2) is 42.5 Å². The van der Waals surface area contributed by atoms with E-state index >= 15 is 0 Å². The molecule has 0 atom stereocenters. The predicted molar refractivity (Wildman–Crippen MR) is 138 cm³/mol. The van der Waals surface area contributed by atoms with Gasteiger partial charge in [-0.25, -0.2) is 23.5 Å². The van der Waals surface area contributed by atoms with Crippen LogP contribution in [0.2, 0.25) is 0 Å². The molecule has 3 aromatic rings. The molecule has 11 heteroatoms. The number of para-hydroxylation sites is 1. The topological polar surface area (TPSA) is 102 Å². The Balaban J connectivity index is 1.81. The van der Waals surface area contributed by atoms with Crippen molar-refractivity contribution in [2.45, 2.75) is 19.9 Å². The van der Waals surface area contributed by atoms with Gasteiger partial charge in [0.05, 0.1) is 12.2 Å². The van der Waals surface area contributed by atoms with Crippen LogP contribution in [0.1, 0.15) is 29.3 Å². The molecule has 37 heavy (non-hydrogen) atoms. The van der Waals surface area contributed by atoms with E-state index in [9.17, 15) is 18.4 Å². The van der Waals surface area contributed by atoms with Crippen molar-refractivity contribution in [2.24, 2.45) is 0 Å². The third-order valence-electron chi connectivity index (χ3n) is 5.78. The zero-order valence-electron chi connectivity index (χ0n) is 20.9. The van der Waals surface area contributed by atoms with Crippen LogP contribution < -0.4 is 20.9 Å². The zero-order chi connectivity index (χ0) is 26.5. The molecule has 2 aromatic carbocycles. The lowest BCUT2D eigenvalue weighted by atomic mass is 10.0. The Bertz CT molecular complexity index is 1280. The zero-order valence-corrected chi connectivity index (χ0v) is 20.9. The number of nitrogens with zero attached hydrogens (tertiary/aromatic N) is 4. The van der Waals surface area contributed by atoms with Gasteiger partial charge in [0.2, 0.25) is 5.95 Å². The van der Waals surface area contributed by atoms with Crippen molar-refractivity contribution in [2.75, 3.05) is 43.9 Å². The third-order valence-corrected chi connectivity index (χ3v) is 5.78. The van der Waals surface area contributed by atoms with Crippen molar-refractivity contribution < 1.29 is 18.4 Å². The van der Waals surface area contributed by atoms with Crippen LogP contribution in [-0.2, 0) is 6.54 Å². The van der Waals surface area contributed by atoms with Gasteiger partial charge in [0.25, 0.3) is 5.91 Å². The SMILES string of the molecule is CCCNC(=O)c1ccc(-c2nc(NCCN(C)C)nc3c2CNC(=O)N3c2c(F)cccc2F)cc1. The molecule has 3 amide bonds. The van der Waals surface area contributed by atoms with Gasteiger partial charge in [-0.15, -0.1) is 0 Å². The molecule has 0 fully saturated rings. The Morgan fingerprint density at radius 1 is 1.08 bits per heavy atom.